The standard InChI is InChI=1S/C9H17NO6S/c1-7(8(11)15-2)17(13,14)10-5-9(12)3-4-16-6-9/h7,10,12H,3-6H2,1-2H3. The van der Waals surface area contributed by atoms with Crippen molar-refractivity contribution in [2.24, 2.45) is 0 Å². The predicted octanol–water partition coefficient (Wildman–Crippen LogP) is -1.38. The fourth-order valence-corrected chi connectivity index (χ4v) is 2.46. The smallest absolute Gasteiger partial charge is 0.325 e. The molecule has 7 nitrogen and oxygen atoms in total. The highest BCUT2D eigenvalue weighted by molar-refractivity contribution is 7.90. The zero-order chi connectivity index (χ0) is 13.1. The maximum atomic E-state index is 11.7. The first-order valence-corrected chi connectivity index (χ1v) is 6.72. The lowest BCUT2D eigenvalue weighted by molar-refractivity contribution is -0.139. The van der Waals surface area contributed by atoms with Crippen molar-refractivity contribution < 1.29 is 27.8 Å². The normalized spacial score (nSPS) is 26.8. The minimum Gasteiger partial charge on any atom is -0.468 e. The van der Waals surface area contributed by atoms with Crippen LogP contribution in [0.4, 0.5) is 0 Å². The van der Waals surface area contributed by atoms with Crippen LogP contribution in [0, 0.1) is 0 Å². The van der Waals surface area contributed by atoms with E-state index in [1.807, 2.05) is 0 Å². The number of aliphatic hydroxyl groups is 1. The highest BCUT2D eigenvalue weighted by Crippen LogP contribution is 2.17. The van der Waals surface area contributed by atoms with Crippen LogP contribution in [-0.2, 0) is 24.3 Å². The Bertz CT molecular complexity index is 373. The van der Waals surface area contributed by atoms with Crippen LogP contribution >= 0.6 is 0 Å². The van der Waals surface area contributed by atoms with Crippen molar-refractivity contribution in [3.05, 3.63) is 0 Å². The summed E-state index contributed by atoms with van der Waals surface area (Å²) in [6.07, 6.45) is 0.363. The molecular formula is C9H17NO6S. The topological polar surface area (TPSA) is 102 Å². The lowest BCUT2D eigenvalue weighted by Crippen LogP contribution is -2.47. The molecule has 1 aliphatic heterocycles. The molecule has 100 valence electrons. The minimum atomic E-state index is -3.84. The average Bonchev–Trinajstić information content (AvgIpc) is 2.72. The number of ether oxygens (including phenoxy) is 2. The summed E-state index contributed by atoms with van der Waals surface area (Å²) >= 11 is 0. The highest BCUT2D eigenvalue weighted by atomic mass is 32.2. The van der Waals surface area contributed by atoms with Gasteiger partial charge in [0.2, 0.25) is 10.0 Å². The molecule has 1 heterocycles. The molecule has 1 aliphatic rings. The number of hydrogen-bond donors (Lipinski definition) is 2. The number of methoxy groups -OCH3 is 1. The number of carbonyl (C=O) groups is 1. The summed E-state index contributed by atoms with van der Waals surface area (Å²) in [6.45, 7) is 1.53. The number of sulfonamides is 1. The third-order valence-electron chi connectivity index (χ3n) is 2.68. The Hall–Kier alpha value is -0.700. The highest BCUT2D eigenvalue weighted by Gasteiger charge is 2.36. The van der Waals surface area contributed by atoms with Gasteiger partial charge in [-0.05, 0) is 6.92 Å². The Kier molecular flexibility index (Phi) is 4.48. The van der Waals surface area contributed by atoms with E-state index in [-0.39, 0.29) is 13.2 Å². The molecule has 1 rings (SSSR count). The van der Waals surface area contributed by atoms with Crippen LogP contribution in [0.15, 0.2) is 0 Å². The molecule has 0 bridgehead atoms. The molecule has 0 aromatic heterocycles. The molecule has 2 unspecified atom stereocenters. The van der Waals surface area contributed by atoms with Crippen molar-refractivity contribution in [1.82, 2.24) is 4.72 Å². The maximum Gasteiger partial charge on any atom is 0.325 e. The van der Waals surface area contributed by atoms with E-state index in [9.17, 15) is 18.3 Å². The van der Waals surface area contributed by atoms with Gasteiger partial charge in [-0.15, -0.1) is 0 Å². The second kappa shape index (κ2) is 5.30. The Morgan fingerprint density at radius 3 is 2.76 bits per heavy atom. The summed E-state index contributed by atoms with van der Waals surface area (Å²) in [7, 11) is -2.72. The predicted molar refractivity (Wildman–Crippen MR) is 58.8 cm³/mol. The summed E-state index contributed by atoms with van der Waals surface area (Å²) in [5, 5.41) is 8.56. The largest absolute Gasteiger partial charge is 0.468 e. The number of nitrogens with one attached hydrogen (secondary N) is 1. The third-order valence-corrected chi connectivity index (χ3v) is 4.35. The SMILES string of the molecule is COC(=O)C(C)S(=O)(=O)NCC1(O)CCOC1. The molecular weight excluding hydrogens is 250 g/mol. The van der Waals surface area contributed by atoms with Gasteiger partial charge < -0.3 is 14.6 Å². The van der Waals surface area contributed by atoms with Crippen molar-refractivity contribution in [3.8, 4) is 0 Å². The Labute approximate surface area is 100 Å². The molecule has 17 heavy (non-hydrogen) atoms. The molecule has 0 aromatic carbocycles. The molecule has 0 aliphatic carbocycles. The second-order valence-corrected chi connectivity index (χ2v) is 6.14. The molecule has 0 saturated carbocycles. The molecule has 0 amide bonds. The zero-order valence-corrected chi connectivity index (χ0v) is 10.6. The first-order chi connectivity index (χ1) is 7.81. The van der Waals surface area contributed by atoms with Crippen LogP contribution in [0.5, 0.6) is 0 Å². The van der Waals surface area contributed by atoms with E-state index in [1.54, 1.807) is 0 Å². The van der Waals surface area contributed by atoms with Gasteiger partial charge in [-0.2, -0.15) is 0 Å². The van der Waals surface area contributed by atoms with E-state index >= 15 is 0 Å². The number of esters is 1. The quantitative estimate of drug-likeness (QED) is 0.595. The van der Waals surface area contributed by atoms with E-state index in [0.29, 0.717) is 13.0 Å². The lowest BCUT2D eigenvalue weighted by Gasteiger charge is -2.21. The fraction of sp³-hybridized carbons (Fsp3) is 0.889. The van der Waals surface area contributed by atoms with Crippen LogP contribution in [0.3, 0.4) is 0 Å². The molecule has 1 saturated heterocycles. The van der Waals surface area contributed by atoms with Crippen molar-refractivity contribution >= 4 is 16.0 Å². The molecule has 1 fully saturated rings. The summed E-state index contributed by atoms with van der Waals surface area (Å²) in [6, 6.07) is 0. The lowest BCUT2D eigenvalue weighted by atomic mass is 10.1. The van der Waals surface area contributed by atoms with Crippen molar-refractivity contribution in [1.29, 1.82) is 0 Å². The van der Waals surface area contributed by atoms with Crippen LogP contribution in [-0.4, -0.2) is 57.2 Å². The first kappa shape index (κ1) is 14.4. The van der Waals surface area contributed by atoms with Gasteiger partial charge in [0.25, 0.3) is 0 Å². The molecule has 2 atom stereocenters. The van der Waals surface area contributed by atoms with Crippen LogP contribution < -0.4 is 4.72 Å². The number of carbonyl (C=O) groups excluding carboxylic acids is 1. The van der Waals surface area contributed by atoms with Gasteiger partial charge in [0.05, 0.1) is 13.7 Å². The van der Waals surface area contributed by atoms with E-state index in [4.69, 9.17) is 4.74 Å². The molecule has 0 radical (unpaired) electrons. The van der Waals surface area contributed by atoms with Gasteiger partial charge in [0.1, 0.15) is 5.60 Å². The van der Waals surface area contributed by atoms with Crippen LogP contribution in [0.25, 0.3) is 0 Å². The van der Waals surface area contributed by atoms with E-state index in [1.165, 1.54) is 6.92 Å². The van der Waals surface area contributed by atoms with Crippen molar-refractivity contribution in [2.75, 3.05) is 26.9 Å². The van der Waals surface area contributed by atoms with Crippen LogP contribution in [0.2, 0.25) is 0 Å². The minimum absolute atomic E-state index is 0.0854. The molecule has 0 aromatic rings. The second-order valence-electron chi connectivity index (χ2n) is 4.06. The van der Waals surface area contributed by atoms with Gasteiger partial charge in [-0.1, -0.05) is 0 Å². The zero-order valence-electron chi connectivity index (χ0n) is 9.80. The molecule has 2 N–H and O–H groups in total. The van der Waals surface area contributed by atoms with Crippen molar-refractivity contribution in [3.63, 3.8) is 0 Å². The van der Waals surface area contributed by atoms with Gasteiger partial charge in [-0.25, -0.2) is 13.1 Å². The number of rotatable bonds is 5. The summed E-state index contributed by atoms with van der Waals surface area (Å²) in [4.78, 5) is 11.1. The van der Waals surface area contributed by atoms with Gasteiger partial charge in [0.15, 0.2) is 5.25 Å². The van der Waals surface area contributed by atoms with E-state index in [2.05, 4.69) is 9.46 Å². The van der Waals surface area contributed by atoms with Gasteiger partial charge in [0, 0.05) is 19.6 Å². The Morgan fingerprint density at radius 1 is 1.65 bits per heavy atom. The monoisotopic (exact) mass is 267 g/mol. The summed E-state index contributed by atoms with van der Waals surface area (Å²) < 4.78 is 34.9. The summed E-state index contributed by atoms with van der Waals surface area (Å²) in [5.41, 5.74) is -1.19. The van der Waals surface area contributed by atoms with Crippen LogP contribution in [0.1, 0.15) is 13.3 Å². The van der Waals surface area contributed by atoms with Gasteiger partial charge in [-0.3, -0.25) is 4.79 Å². The molecule has 8 heteroatoms. The Morgan fingerprint density at radius 2 is 2.29 bits per heavy atom. The fourth-order valence-electron chi connectivity index (χ4n) is 1.39. The molecule has 0 spiro atoms. The maximum absolute atomic E-state index is 11.7. The van der Waals surface area contributed by atoms with E-state index in [0.717, 1.165) is 7.11 Å². The Balaban J connectivity index is 2.58. The average molecular weight is 267 g/mol. The van der Waals surface area contributed by atoms with Gasteiger partial charge >= 0.3 is 5.97 Å². The first-order valence-electron chi connectivity index (χ1n) is 5.17. The number of hydrogen-bond acceptors (Lipinski definition) is 6. The van der Waals surface area contributed by atoms with E-state index < -0.39 is 26.8 Å². The van der Waals surface area contributed by atoms with Crippen molar-refractivity contribution in [2.45, 2.75) is 24.2 Å². The summed E-state index contributed by atoms with van der Waals surface area (Å²) in [5.74, 6) is -0.841. The third kappa shape index (κ3) is 3.63.